The summed E-state index contributed by atoms with van der Waals surface area (Å²) in [5.41, 5.74) is 6.16. The monoisotopic (exact) mass is 253 g/mol. The highest BCUT2D eigenvalue weighted by Gasteiger charge is 2.13. The van der Waals surface area contributed by atoms with Crippen molar-refractivity contribution in [3.8, 4) is 0 Å². The van der Waals surface area contributed by atoms with Crippen LogP contribution >= 0.6 is 0 Å². The summed E-state index contributed by atoms with van der Waals surface area (Å²) < 4.78 is 0. The molecule has 0 radical (unpaired) electrons. The van der Waals surface area contributed by atoms with Crippen LogP contribution in [0, 0.1) is 6.92 Å². The third-order valence-corrected chi connectivity index (χ3v) is 3.87. The number of hydrogen-bond acceptors (Lipinski definition) is 2. The quantitative estimate of drug-likeness (QED) is 0.911. The normalized spacial score (nSPS) is 15.3. The molecule has 1 N–H and O–H groups in total. The van der Waals surface area contributed by atoms with E-state index in [0.717, 1.165) is 11.1 Å². The molecule has 2 heteroatoms. The zero-order chi connectivity index (χ0) is 13.2. The molecular weight excluding hydrogens is 234 g/mol. The minimum Gasteiger partial charge on any atom is -0.388 e. The number of fused-ring (bicyclic) bond motifs is 1. The summed E-state index contributed by atoms with van der Waals surface area (Å²) in [6, 6.07) is 8.63. The van der Waals surface area contributed by atoms with E-state index in [4.69, 9.17) is 0 Å². The highest BCUT2D eigenvalue weighted by Crippen LogP contribution is 2.25. The van der Waals surface area contributed by atoms with Crippen molar-refractivity contribution in [1.82, 2.24) is 4.98 Å². The Morgan fingerprint density at radius 3 is 2.84 bits per heavy atom. The molecule has 1 aliphatic rings. The van der Waals surface area contributed by atoms with Gasteiger partial charge in [-0.2, -0.15) is 0 Å². The Labute approximate surface area is 114 Å². The molecule has 1 aromatic carbocycles. The first kappa shape index (κ1) is 12.4. The first-order valence-electron chi connectivity index (χ1n) is 6.92. The van der Waals surface area contributed by atoms with Crippen LogP contribution in [0.3, 0.4) is 0 Å². The van der Waals surface area contributed by atoms with Crippen LogP contribution < -0.4 is 0 Å². The lowest BCUT2D eigenvalue weighted by Gasteiger charge is -2.12. The number of nitrogens with zero attached hydrogens (tertiary/aromatic N) is 1. The Morgan fingerprint density at radius 2 is 2.00 bits per heavy atom. The van der Waals surface area contributed by atoms with Gasteiger partial charge in [0.05, 0.1) is 6.10 Å². The molecule has 98 valence electrons. The van der Waals surface area contributed by atoms with Crippen LogP contribution in [0.15, 0.2) is 36.7 Å². The second-order valence-electron chi connectivity index (χ2n) is 5.47. The molecule has 1 aliphatic carbocycles. The van der Waals surface area contributed by atoms with Crippen molar-refractivity contribution in [3.05, 3.63) is 64.5 Å². The van der Waals surface area contributed by atoms with Crippen LogP contribution in [0.25, 0.3) is 0 Å². The van der Waals surface area contributed by atoms with Crippen LogP contribution in [0.1, 0.15) is 40.3 Å². The van der Waals surface area contributed by atoms with Crippen molar-refractivity contribution in [2.24, 2.45) is 0 Å². The number of aryl methyl sites for hydroxylation is 3. The first-order valence-corrected chi connectivity index (χ1v) is 6.92. The van der Waals surface area contributed by atoms with Crippen LogP contribution in [-0.4, -0.2) is 10.1 Å². The van der Waals surface area contributed by atoms with Crippen LogP contribution in [0.4, 0.5) is 0 Å². The van der Waals surface area contributed by atoms with Gasteiger partial charge in [0.2, 0.25) is 0 Å². The van der Waals surface area contributed by atoms with Crippen molar-refractivity contribution in [2.45, 2.75) is 38.7 Å². The average Bonchev–Trinajstić information content (AvgIpc) is 2.86. The molecule has 0 spiro atoms. The van der Waals surface area contributed by atoms with Gasteiger partial charge in [0.15, 0.2) is 0 Å². The van der Waals surface area contributed by atoms with Crippen molar-refractivity contribution < 1.29 is 5.11 Å². The molecule has 1 atom stereocenters. The largest absolute Gasteiger partial charge is 0.388 e. The van der Waals surface area contributed by atoms with Gasteiger partial charge in [0, 0.05) is 18.8 Å². The lowest BCUT2D eigenvalue weighted by molar-refractivity contribution is 0.178. The Bertz CT molecular complexity index is 592. The predicted octanol–water partition coefficient (Wildman–Crippen LogP) is 3.15. The standard InChI is InChI=1S/C17H19NO/c1-12-7-16(11-18-10-12)17(19)9-13-5-6-14-3-2-4-15(14)8-13/h5-8,10-11,17,19H,2-4,9H2,1H3. The molecule has 0 amide bonds. The number of aliphatic hydroxyl groups is 1. The molecule has 3 rings (SSSR count). The van der Waals surface area contributed by atoms with E-state index >= 15 is 0 Å². The van der Waals surface area contributed by atoms with Gasteiger partial charge in [-0.1, -0.05) is 24.3 Å². The predicted molar refractivity (Wildman–Crippen MR) is 76.1 cm³/mol. The average molecular weight is 253 g/mol. The second-order valence-corrected chi connectivity index (χ2v) is 5.47. The van der Waals surface area contributed by atoms with Gasteiger partial charge < -0.3 is 5.11 Å². The number of aliphatic hydroxyl groups excluding tert-OH is 1. The molecule has 1 heterocycles. The molecule has 1 unspecified atom stereocenters. The lowest BCUT2D eigenvalue weighted by atomic mass is 9.99. The zero-order valence-corrected chi connectivity index (χ0v) is 11.3. The summed E-state index contributed by atoms with van der Waals surface area (Å²) >= 11 is 0. The van der Waals surface area contributed by atoms with Gasteiger partial charge in [-0.3, -0.25) is 4.98 Å². The molecule has 0 saturated heterocycles. The third kappa shape index (κ3) is 2.69. The van der Waals surface area contributed by atoms with Gasteiger partial charge in [-0.05, 0) is 54.0 Å². The van der Waals surface area contributed by atoms with Crippen molar-refractivity contribution in [3.63, 3.8) is 0 Å². The molecule has 1 aromatic heterocycles. The van der Waals surface area contributed by atoms with Crippen molar-refractivity contribution in [1.29, 1.82) is 0 Å². The van der Waals surface area contributed by atoms with Gasteiger partial charge in [-0.25, -0.2) is 0 Å². The number of hydrogen-bond donors (Lipinski definition) is 1. The number of benzene rings is 1. The fourth-order valence-electron chi connectivity index (χ4n) is 2.85. The highest BCUT2D eigenvalue weighted by atomic mass is 16.3. The molecule has 0 saturated carbocycles. The van der Waals surface area contributed by atoms with Crippen LogP contribution in [0.2, 0.25) is 0 Å². The number of pyridine rings is 1. The molecule has 0 fully saturated rings. The molecule has 2 aromatic rings. The van der Waals surface area contributed by atoms with E-state index in [1.807, 2.05) is 19.2 Å². The van der Waals surface area contributed by atoms with E-state index in [0.29, 0.717) is 6.42 Å². The van der Waals surface area contributed by atoms with Gasteiger partial charge >= 0.3 is 0 Å². The fourth-order valence-corrected chi connectivity index (χ4v) is 2.85. The molecule has 0 aliphatic heterocycles. The van der Waals surface area contributed by atoms with Crippen molar-refractivity contribution in [2.75, 3.05) is 0 Å². The highest BCUT2D eigenvalue weighted by molar-refractivity contribution is 5.36. The maximum atomic E-state index is 10.3. The molecule has 0 bridgehead atoms. The summed E-state index contributed by atoms with van der Waals surface area (Å²) in [7, 11) is 0. The summed E-state index contributed by atoms with van der Waals surface area (Å²) in [5, 5.41) is 10.3. The molecule has 2 nitrogen and oxygen atoms in total. The Morgan fingerprint density at radius 1 is 1.16 bits per heavy atom. The minimum atomic E-state index is -0.466. The van der Waals surface area contributed by atoms with E-state index in [-0.39, 0.29) is 0 Å². The van der Waals surface area contributed by atoms with E-state index in [1.165, 1.54) is 36.0 Å². The van der Waals surface area contributed by atoms with E-state index in [2.05, 4.69) is 23.2 Å². The van der Waals surface area contributed by atoms with Gasteiger partial charge in [0.1, 0.15) is 0 Å². The summed E-state index contributed by atoms with van der Waals surface area (Å²) in [5.74, 6) is 0. The SMILES string of the molecule is Cc1cncc(C(O)Cc2ccc3c(c2)CCC3)c1. The Balaban J connectivity index is 1.77. The first-order chi connectivity index (χ1) is 9.22. The smallest absolute Gasteiger partial charge is 0.0845 e. The van der Waals surface area contributed by atoms with Gasteiger partial charge in [-0.15, -0.1) is 0 Å². The van der Waals surface area contributed by atoms with Crippen LogP contribution in [0.5, 0.6) is 0 Å². The Hall–Kier alpha value is -1.67. The minimum absolute atomic E-state index is 0.466. The maximum absolute atomic E-state index is 10.3. The van der Waals surface area contributed by atoms with E-state index in [9.17, 15) is 5.11 Å². The summed E-state index contributed by atoms with van der Waals surface area (Å²) in [6.45, 7) is 2.00. The second kappa shape index (κ2) is 5.14. The number of rotatable bonds is 3. The molecule has 19 heavy (non-hydrogen) atoms. The molecular formula is C17H19NO. The number of aromatic nitrogens is 1. The third-order valence-electron chi connectivity index (χ3n) is 3.87. The van der Waals surface area contributed by atoms with Crippen molar-refractivity contribution >= 4 is 0 Å². The summed E-state index contributed by atoms with van der Waals surface area (Å²) in [4.78, 5) is 4.14. The maximum Gasteiger partial charge on any atom is 0.0845 e. The zero-order valence-electron chi connectivity index (χ0n) is 11.3. The summed E-state index contributed by atoms with van der Waals surface area (Å²) in [6.07, 6.45) is 7.43. The van der Waals surface area contributed by atoms with E-state index < -0.39 is 6.10 Å². The van der Waals surface area contributed by atoms with Crippen LogP contribution in [-0.2, 0) is 19.3 Å². The van der Waals surface area contributed by atoms with E-state index in [1.54, 1.807) is 6.20 Å². The van der Waals surface area contributed by atoms with Gasteiger partial charge in [0.25, 0.3) is 0 Å². The fraction of sp³-hybridized carbons (Fsp3) is 0.353. The Kier molecular flexibility index (Phi) is 3.34. The topological polar surface area (TPSA) is 33.1 Å². The lowest BCUT2D eigenvalue weighted by Crippen LogP contribution is -2.03.